The van der Waals surface area contributed by atoms with Crippen molar-refractivity contribution in [1.29, 1.82) is 0 Å². The topological polar surface area (TPSA) is 60.7 Å². The van der Waals surface area contributed by atoms with Crippen molar-refractivity contribution < 1.29 is 15.3 Å². The molecular weight excluding hydrogens is 384 g/mol. The van der Waals surface area contributed by atoms with E-state index in [1.165, 1.54) is 0 Å². The molecular formula is C28H46O3. The van der Waals surface area contributed by atoms with E-state index >= 15 is 0 Å². The molecule has 3 N–H and O–H groups in total. The molecule has 8 atom stereocenters. The second-order valence-electron chi connectivity index (χ2n) is 11.6. The Morgan fingerprint density at radius 2 is 1.77 bits per heavy atom. The maximum atomic E-state index is 11.8. The Kier molecular flexibility index (Phi) is 7.61. The average Bonchev–Trinajstić information content (AvgIpc) is 3.07. The lowest BCUT2D eigenvalue weighted by Gasteiger charge is -2.52. The fraction of sp³-hybridized carbons (Fsp3) is 0.786. The second kappa shape index (κ2) is 9.53. The lowest BCUT2D eigenvalue weighted by molar-refractivity contribution is -0.155. The van der Waals surface area contributed by atoms with Crippen LogP contribution in [0.5, 0.6) is 0 Å². The fourth-order valence-corrected chi connectivity index (χ4v) is 6.82. The summed E-state index contributed by atoms with van der Waals surface area (Å²) in [4.78, 5) is 0. The van der Waals surface area contributed by atoms with E-state index in [2.05, 4.69) is 53.3 Å². The highest BCUT2D eigenvalue weighted by molar-refractivity contribution is 5.33. The van der Waals surface area contributed by atoms with Gasteiger partial charge in [-0.3, -0.25) is 0 Å². The van der Waals surface area contributed by atoms with Gasteiger partial charge in [-0.1, -0.05) is 58.9 Å². The molecule has 0 aliphatic heterocycles. The van der Waals surface area contributed by atoms with Crippen LogP contribution < -0.4 is 0 Å². The average molecular weight is 431 g/mol. The van der Waals surface area contributed by atoms with Gasteiger partial charge in [-0.05, 0) is 98.0 Å². The molecule has 0 heterocycles. The third-order valence-corrected chi connectivity index (χ3v) is 9.27. The van der Waals surface area contributed by atoms with Gasteiger partial charge < -0.3 is 15.3 Å². The first-order chi connectivity index (χ1) is 14.5. The van der Waals surface area contributed by atoms with E-state index in [1.807, 2.05) is 6.08 Å². The Morgan fingerprint density at radius 3 is 2.45 bits per heavy atom. The van der Waals surface area contributed by atoms with Crippen molar-refractivity contribution in [2.45, 2.75) is 104 Å². The molecule has 3 nitrogen and oxygen atoms in total. The Morgan fingerprint density at radius 1 is 1.06 bits per heavy atom. The van der Waals surface area contributed by atoms with E-state index in [1.54, 1.807) is 0 Å². The smallest absolute Gasteiger partial charge is 0.102 e. The minimum atomic E-state index is -1.09. The van der Waals surface area contributed by atoms with E-state index in [0.29, 0.717) is 36.5 Å². The van der Waals surface area contributed by atoms with Crippen LogP contribution in [-0.4, -0.2) is 33.1 Å². The molecule has 3 saturated carbocycles. The Hall–Kier alpha value is -0.900. The van der Waals surface area contributed by atoms with Gasteiger partial charge >= 0.3 is 0 Å². The minimum Gasteiger partial charge on any atom is -0.393 e. The van der Waals surface area contributed by atoms with E-state index in [4.69, 9.17) is 0 Å². The molecule has 0 bridgehead atoms. The van der Waals surface area contributed by atoms with Gasteiger partial charge in [-0.15, -0.1) is 0 Å². The molecule has 3 rings (SSSR count). The minimum absolute atomic E-state index is 0.0421. The van der Waals surface area contributed by atoms with Crippen molar-refractivity contribution in [3.05, 3.63) is 36.0 Å². The normalized spacial score (nSPS) is 41.0. The maximum absolute atomic E-state index is 11.8. The van der Waals surface area contributed by atoms with Gasteiger partial charge in [-0.2, -0.15) is 0 Å². The van der Waals surface area contributed by atoms with Crippen molar-refractivity contribution in [3.8, 4) is 0 Å². The van der Waals surface area contributed by atoms with Gasteiger partial charge in [0.1, 0.15) is 6.10 Å². The van der Waals surface area contributed by atoms with Crippen molar-refractivity contribution in [3.63, 3.8) is 0 Å². The molecule has 0 aromatic heterocycles. The van der Waals surface area contributed by atoms with Crippen LogP contribution in [0.4, 0.5) is 0 Å². The van der Waals surface area contributed by atoms with E-state index in [-0.39, 0.29) is 17.4 Å². The highest BCUT2D eigenvalue weighted by Crippen LogP contribution is 2.61. The summed E-state index contributed by atoms with van der Waals surface area (Å²) >= 11 is 0. The first kappa shape index (κ1) is 24.7. The van der Waals surface area contributed by atoms with E-state index < -0.39 is 11.7 Å². The predicted molar refractivity (Wildman–Crippen MR) is 129 cm³/mol. The van der Waals surface area contributed by atoms with Crippen molar-refractivity contribution in [1.82, 2.24) is 0 Å². The summed E-state index contributed by atoms with van der Waals surface area (Å²) in [6.45, 7) is 15.6. The molecule has 0 radical (unpaired) electrons. The third kappa shape index (κ3) is 4.89. The van der Waals surface area contributed by atoms with Crippen LogP contribution in [0.15, 0.2) is 36.0 Å². The summed E-state index contributed by atoms with van der Waals surface area (Å²) in [6.07, 6.45) is 12.2. The molecule has 0 aromatic carbocycles. The Labute approximate surface area is 190 Å². The van der Waals surface area contributed by atoms with Crippen molar-refractivity contribution in [2.24, 2.45) is 35.0 Å². The van der Waals surface area contributed by atoms with Crippen LogP contribution in [0, 0.1) is 35.0 Å². The lowest BCUT2D eigenvalue weighted by Crippen LogP contribution is -2.56. The molecule has 3 fully saturated rings. The number of aliphatic hydroxyl groups excluding tert-OH is 2. The molecule has 3 aliphatic carbocycles. The number of hydrogen-bond acceptors (Lipinski definition) is 3. The van der Waals surface area contributed by atoms with Crippen LogP contribution >= 0.6 is 0 Å². The van der Waals surface area contributed by atoms with Gasteiger partial charge in [0.25, 0.3) is 0 Å². The molecule has 31 heavy (non-hydrogen) atoms. The van der Waals surface area contributed by atoms with Gasteiger partial charge in [0.2, 0.25) is 0 Å². The van der Waals surface area contributed by atoms with Crippen LogP contribution in [0.2, 0.25) is 0 Å². The van der Waals surface area contributed by atoms with Gasteiger partial charge in [0, 0.05) is 0 Å². The van der Waals surface area contributed by atoms with Crippen LogP contribution in [0.1, 0.15) is 86.0 Å². The molecule has 0 spiro atoms. The molecule has 0 saturated heterocycles. The highest BCUT2D eigenvalue weighted by Gasteiger charge is 2.59. The number of aliphatic hydroxyl groups is 3. The monoisotopic (exact) mass is 430 g/mol. The zero-order valence-electron chi connectivity index (χ0n) is 20.5. The van der Waals surface area contributed by atoms with E-state index in [0.717, 1.165) is 49.7 Å². The van der Waals surface area contributed by atoms with Crippen molar-refractivity contribution in [2.75, 3.05) is 0 Å². The predicted octanol–water partition coefficient (Wildman–Crippen LogP) is 5.81. The maximum Gasteiger partial charge on any atom is 0.102 e. The number of hydrogen-bond donors (Lipinski definition) is 3. The van der Waals surface area contributed by atoms with Crippen molar-refractivity contribution >= 4 is 0 Å². The Balaban J connectivity index is 1.80. The number of fused-ring (bicyclic) bond motifs is 1. The third-order valence-electron chi connectivity index (χ3n) is 9.27. The number of rotatable bonds is 6. The summed E-state index contributed by atoms with van der Waals surface area (Å²) in [5.74, 6) is 2.33. The molecule has 0 amide bonds. The zero-order valence-corrected chi connectivity index (χ0v) is 20.5. The van der Waals surface area contributed by atoms with Gasteiger partial charge in [0.15, 0.2) is 0 Å². The fourth-order valence-electron chi connectivity index (χ4n) is 6.82. The van der Waals surface area contributed by atoms with Crippen LogP contribution in [0.25, 0.3) is 0 Å². The Bertz CT molecular complexity index is 707. The summed E-state index contributed by atoms with van der Waals surface area (Å²) in [6, 6.07) is 0. The first-order valence-electron chi connectivity index (χ1n) is 12.6. The SMILES string of the molecule is C=C1CC[C@@H](O)C/C1=C/[C@H](O)[C@@]1(O)CCC[C@]2(C)[C@@H]([C@H](C)/C=C/[C@H](C)C(C)C)CC[C@H]21. The lowest BCUT2D eigenvalue weighted by atomic mass is 9.56. The summed E-state index contributed by atoms with van der Waals surface area (Å²) in [5.41, 5.74) is 0.876. The second-order valence-corrected chi connectivity index (χ2v) is 11.6. The first-order valence-corrected chi connectivity index (χ1v) is 12.6. The van der Waals surface area contributed by atoms with Gasteiger partial charge in [0.05, 0.1) is 11.7 Å². The zero-order chi connectivity index (χ0) is 23.0. The standard InChI is InChI=1S/C28H46O3/c1-18(2)19(3)8-9-21(5)24-12-13-25-27(24,6)14-7-15-28(25,31)26(30)17-22-16-23(29)11-10-20(22)4/h8-9,17-19,21,23-26,29-31H,4,7,10-16H2,1-3,5-6H3/b9-8+,22-17-/t19-,21+,23+,24+,25+,26-,27+,28+/m0/s1. The van der Waals surface area contributed by atoms with Crippen LogP contribution in [-0.2, 0) is 0 Å². The largest absolute Gasteiger partial charge is 0.393 e. The summed E-state index contributed by atoms with van der Waals surface area (Å²) in [7, 11) is 0. The highest BCUT2D eigenvalue weighted by atomic mass is 16.3. The molecule has 0 unspecified atom stereocenters. The quantitative estimate of drug-likeness (QED) is 0.466. The van der Waals surface area contributed by atoms with Gasteiger partial charge in [-0.25, -0.2) is 0 Å². The van der Waals surface area contributed by atoms with E-state index in [9.17, 15) is 15.3 Å². The molecule has 176 valence electrons. The summed E-state index contributed by atoms with van der Waals surface area (Å²) < 4.78 is 0. The molecule has 3 heteroatoms. The molecule has 3 aliphatic rings. The summed E-state index contributed by atoms with van der Waals surface area (Å²) in [5, 5.41) is 33.2. The number of allylic oxidation sites excluding steroid dienone is 3. The molecule has 0 aromatic rings. The van der Waals surface area contributed by atoms with Crippen LogP contribution in [0.3, 0.4) is 0 Å².